The van der Waals surface area contributed by atoms with Gasteiger partial charge in [-0.1, -0.05) is 6.92 Å². The molecule has 0 unspecified atom stereocenters. The second-order valence-corrected chi connectivity index (χ2v) is 4.86. The Labute approximate surface area is 114 Å². The molecule has 0 saturated heterocycles. The number of aromatic amines is 1. The first-order valence-electron chi connectivity index (χ1n) is 6.01. The number of halogens is 1. The Balaban J connectivity index is 2.07. The lowest BCUT2D eigenvalue weighted by Crippen LogP contribution is -1.85. The minimum absolute atomic E-state index is 0.245. The van der Waals surface area contributed by atoms with Gasteiger partial charge in [0.1, 0.15) is 11.6 Å². The summed E-state index contributed by atoms with van der Waals surface area (Å²) in [7, 11) is 0. The number of aromatic nitrogens is 3. The largest absolute Gasteiger partial charge is 0.336 e. The van der Waals surface area contributed by atoms with Gasteiger partial charge in [-0.3, -0.25) is 0 Å². The number of thiazole rings is 1. The molecule has 0 spiro atoms. The molecule has 96 valence electrons. The van der Waals surface area contributed by atoms with E-state index >= 15 is 0 Å². The average molecular weight is 273 g/mol. The maximum atomic E-state index is 12.9. The third-order valence-electron chi connectivity index (χ3n) is 2.92. The number of hydrogen-bond acceptors (Lipinski definition) is 3. The molecular formula is C14H12FN3S. The SMILES string of the molecule is CCc1nc(-c2ccc(F)cc2)[nH]c1-c1cscn1. The van der Waals surface area contributed by atoms with Crippen molar-refractivity contribution in [1.29, 1.82) is 0 Å². The van der Waals surface area contributed by atoms with Crippen LogP contribution in [-0.2, 0) is 6.42 Å². The van der Waals surface area contributed by atoms with Gasteiger partial charge in [-0.05, 0) is 30.7 Å². The van der Waals surface area contributed by atoms with E-state index in [1.165, 1.54) is 12.1 Å². The van der Waals surface area contributed by atoms with E-state index in [4.69, 9.17) is 0 Å². The minimum Gasteiger partial charge on any atom is -0.336 e. The van der Waals surface area contributed by atoms with E-state index in [1.54, 1.807) is 29.0 Å². The first-order valence-corrected chi connectivity index (χ1v) is 6.95. The highest BCUT2D eigenvalue weighted by atomic mass is 32.1. The molecule has 0 amide bonds. The van der Waals surface area contributed by atoms with Gasteiger partial charge in [0.15, 0.2) is 0 Å². The maximum absolute atomic E-state index is 12.9. The predicted molar refractivity (Wildman–Crippen MR) is 74.5 cm³/mol. The summed E-state index contributed by atoms with van der Waals surface area (Å²) in [5.74, 6) is 0.505. The molecule has 0 saturated carbocycles. The van der Waals surface area contributed by atoms with Gasteiger partial charge in [-0.2, -0.15) is 0 Å². The Morgan fingerprint density at radius 1 is 1.26 bits per heavy atom. The van der Waals surface area contributed by atoms with Crippen molar-refractivity contribution in [1.82, 2.24) is 15.0 Å². The van der Waals surface area contributed by atoms with Crippen LogP contribution in [0.5, 0.6) is 0 Å². The number of H-pyrrole nitrogens is 1. The Morgan fingerprint density at radius 2 is 2.05 bits per heavy atom. The molecule has 1 N–H and O–H groups in total. The zero-order chi connectivity index (χ0) is 13.2. The molecule has 2 heterocycles. The number of rotatable bonds is 3. The van der Waals surface area contributed by atoms with E-state index in [0.29, 0.717) is 0 Å². The molecule has 1 aromatic carbocycles. The summed E-state index contributed by atoms with van der Waals surface area (Å²) in [6.45, 7) is 2.06. The van der Waals surface area contributed by atoms with Crippen LogP contribution in [0, 0.1) is 5.82 Å². The molecule has 0 aliphatic rings. The smallest absolute Gasteiger partial charge is 0.138 e. The predicted octanol–water partition coefficient (Wildman–Crippen LogP) is 3.90. The van der Waals surface area contributed by atoms with Crippen molar-refractivity contribution in [3.05, 3.63) is 46.7 Å². The molecule has 0 aliphatic carbocycles. The van der Waals surface area contributed by atoms with E-state index < -0.39 is 0 Å². The van der Waals surface area contributed by atoms with E-state index in [1.807, 2.05) is 5.38 Å². The van der Waals surface area contributed by atoms with Crippen molar-refractivity contribution < 1.29 is 4.39 Å². The molecular weight excluding hydrogens is 261 g/mol. The van der Waals surface area contributed by atoms with Crippen LogP contribution in [0.1, 0.15) is 12.6 Å². The summed E-state index contributed by atoms with van der Waals surface area (Å²) in [4.78, 5) is 12.2. The van der Waals surface area contributed by atoms with Crippen LogP contribution >= 0.6 is 11.3 Å². The van der Waals surface area contributed by atoms with Crippen LogP contribution in [0.4, 0.5) is 4.39 Å². The molecule has 0 radical (unpaired) electrons. The van der Waals surface area contributed by atoms with Crippen molar-refractivity contribution >= 4 is 11.3 Å². The number of nitrogens with one attached hydrogen (secondary N) is 1. The zero-order valence-electron chi connectivity index (χ0n) is 10.4. The van der Waals surface area contributed by atoms with Gasteiger partial charge in [0, 0.05) is 10.9 Å². The molecule has 3 rings (SSSR count). The molecule has 5 heteroatoms. The molecule has 0 fully saturated rings. The number of hydrogen-bond donors (Lipinski definition) is 1. The van der Waals surface area contributed by atoms with Crippen molar-refractivity contribution in [2.45, 2.75) is 13.3 Å². The van der Waals surface area contributed by atoms with Crippen LogP contribution in [-0.4, -0.2) is 15.0 Å². The lowest BCUT2D eigenvalue weighted by Gasteiger charge is -1.96. The quantitative estimate of drug-likeness (QED) is 0.786. The fourth-order valence-corrected chi connectivity index (χ4v) is 2.50. The van der Waals surface area contributed by atoms with Crippen LogP contribution in [0.25, 0.3) is 22.8 Å². The summed E-state index contributed by atoms with van der Waals surface area (Å²) in [5.41, 5.74) is 5.50. The van der Waals surface area contributed by atoms with E-state index in [9.17, 15) is 4.39 Å². The van der Waals surface area contributed by atoms with Crippen molar-refractivity contribution in [3.63, 3.8) is 0 Å². The van der Waals surface area contributed by atoms with Crippen LogP contribution in [0.2, 0.25) is 0 Å². The first kappa shape index (κ1) is 12.0. The first-order chi connectivity index (χ1) is 9.28. The lowest BCUT2D eigenvalue weighted by atomic mass is 10.2. The number of imidazole rings is 1. The van der Waals surface area contributed by atoms with Crippen molar-refractivity contribution in [3.8, 4) is 22.8 Å². The lowest BCUT2D eigenvalue weighted by molar-refractivity contribution is 0.628. The number of benzene rings is 1. The van der Waals surface area contributed by atoms with E-state index in [-0.39, 0.29) is 5.82 Å². The van der Waals surface area contributed by atoms with Gasteiger partial charge >= 0.3 is 0 Å². The normalized spacial score (nSPS) is 10.8. The number of nitrogens with zero attached hydrogens (tertiary/aromatic N) is 2. The Hall–Kier alpha value is -2.01. The third-order valence-corrected chi connectivity index (χ3v) is 3.51. The molecule has 0 bridgehead atoms. The van der Waals surface area contributed by atoms with Crippen molar-refractivity contribution in [2.24, 2.45) is 0 Å². The zero-order valence-corrected chi connectivity index (χ0v) is 11.2. The maximum Gasteiger partial charge on any atom is 0.138 e. The molecule has 3 aromatic rings. The van der Waals surface area contributed by atoms with Gasteiger partial charge in [0.25, 0.3) is 0 Å². The molecule has 0 atom stereocenters. The van der Waals surface area contributed by atoms with Gasteiger partial charge in [0.2, 0.25) is 0 Å². The van der Waals surface area contributed by atoms with Gasteiger partial charge in [-0.15, -0.1) is 11.3 Å². The molecule has 19 heavy (non-hydrogen) atoms. The van der Waals surface area contributed by atoms with Crippen LogP contribution < -0.4 is 0 Å². The average Bonchev–Trinajstić information content (AvgIpc) is 3.08. The fourth-order valence-electron chi connectivity index (χ4n) is 1.96. The Kier molecular flexibility index (Phi) is 3.13. The third kappa shape index (κ3) is 2.29. The van der Waals surface area contributed by atoms with E-state index in [2.05, 4.69) is 21.9 Å². The topological polar surface area (TPSA) is 41.6 Å². The molecule has 3 nitrogen and oxygen atoms in total. The summed E-state index contributed by atoms with van der Waals surface area (Å²) >= 11 is 1.55. The summed E-state index contributed by atoms with van der Waals surface area (Å²) in [6.07, 6.45) is 0.824. The van der Waals surface area contributed by atoms with Gasteiger partial charge in [0.05, 0.1) is 22.6 Å². The standard InChI is InChI=1S/C14H12FN3S/c1-2-11-13(12-7-19-8-16-12)18-14(17-11)9-3-5-10(15)6-4-9/h3-8H,2H2,1H3,(H,17,18). The highest BCUT2D eigenvalue weighted by Crippen LogP contribution is 2.26. The van der Waals surface area contributed by atoms with E-state index in [0.717, 1.165) is 34.9 Å². The summed E-state index contributed by atoms with van der Waals surface area (Å²) in [5, 5.41) is 1.99. The van der Waals surface area contributed by atoms with Crippen LogP contribution in [0.15, 0.2) is 35.2 Å². The minimum atomic E-state index is -0.245. The highest BCUT2D eigenvalue weighted by molar-refractivity contribution is 7.07. The Bertz CT molecular complexity index is 671. The second-order valence-electron chi connectivity index (χ2n) is 4.14. The van der Waals surface area contributed by atoms with Gasteiger partial charge in [-0.25, -0.2) is 14.4 Å². The van der Waals surface area contributed by atoms with Crippen molar-refractivity contribution in [2.75, 3.05) is 0 Å². The highest BCUT2D eigenvalue weighted by Gasteiger charge is 2.13. The molecule has 0 aliphatic heterocycles. The Morgan fingerprint density at radius 3 is 2.68 bits per heavy atom. The number of aryl methyl sites for hydroxylation is 1. The second kappa shape index (κ2) is 4.93. The van der Waals surface area contributed by atoms with Crippen LogP contribution in [0.3, 0.4) is 0 Å². The monoisotopic (exact) mass is 273 g/mol. The fraction of sp³-hybridized carbons (Fsp3) is 0.143. The summed E-state index contributed by atoms with van der Waals surface area (Å²) in [6, 6.07) is 6.31. The molecule has 2 aromatic heterocycles. The van der Waals surface area contributed by atoms with Gasteiger partial charge < -0.3 is 4.98 Å². The summed E-state index contributed by atoms with van der Waals surface area (Å²) < 4.78 is 12.9.